The molecule has 0 aliphatic heterocycles. The lowest BCUT2D eigenvalue weighted by atomic mass is 9.94. The van der Waals surface area contributed by atoms with Gasteiger partial charge in [0.25, 0.3) is 0 Å². The number of rotatable bonds is 4. The summed E-state index contributed by atoms with van der Waals surface area (Å²) < 4.78 is 4.68. The van der Waals surface area contributed by atoms with E-state index in [1.807, 2.05) is 30.3 Å². The van der Waals surface area contributed by atoms with Crippen molar-refractivity contribution < 1.29 is 14.3 Å². The third kappa shape index (κ3) is 2.78. The zero-order valence-corrected chi connectivity index (χ0v) is 10.9. The molecule has 2 aromatic rings. The number of fused-ring (bicyclic) bond motifs is 1. The van der Waals surface area contributed by atoms with Crippen molar-refractivity contribution in [1.29, 1.82) is 0 Å². The van der Waals surface area contributed by atoms with Gasteiger partial charge in [0.15, 0.2) is 0 Å². The molecule has 0 N–H and O–H groups in total. The standard InChI is InChI=1S/C15H15NO3/c1-10(17)13(15(18)19-2)9-12-6-3-5-11-7-4-8-16-14(11)12/h3-8,13H,9H2,1-2H3. The number of carbonyl (C=O) groups excluding carboxylic acids is 2. The topological polar surface area (TPSA) is 56.3 Å². The normalized spacial score (nSPS) is 12.1. The summed E-state index contributed by atoms with van der Waals surface area (Å²) >= 11 is 0. The number of aromatic nitrogens is 1. The Balaban J connectivity index is 2.39. The molecule has 98 valence electrons. The summed E-state index contributed by atoms with van der Waals surface area (Å²) in [6.07, 6.45) is 2.02. The Bertz CT molecular complexity index is 616. The molecule has 4 nitrogen and oxygen atoms in total. The first-order valence-corrected chi connectivity index (χ1v) is 6.04. The van der Waals surface area contributed by atoms with Crippen LogP contribution in [0.15, 0.2) is 36.5 Å². The SMILES string of the molecule is COC(=O)C(Cc1cccc2cccnc12)C(C)=O. The highest BCUT2D eigenvalue weighted by atomic mass is 16.5. The number of hydrogen-bond donors (Lipinski definition) is 0. The molecule has 1 aromatic carbocycles. The maximum absolute atomic E-state index is 11.6. The van der Waals surface area contributed by atoms with Crippen molar-refractivity contribution in [3.8, 4) is 0 Å². The van der Waals surface area contributed by atoms with Crippen LogP contribution in [0.1, 0.15) is 12.5 Å². The molecule has 2 rings (SSSR count). The van der Waals surface area contributed by atoms with E-state index in [-0.39, 0.29) is 5.78 Å². The van der Waals surface area contributed by atoms with E-state index in [0.29, 0.717) is 6.42 Å². The smallest absolute Gasteiger partial charge is 0.316 e. The highest BCUT2D eigenvalue weighted by Crippen LogP contribution is 2.20. The zero-order valence-electron chi connectivity index (χ0n) is 10.9. The van der Waals surface area contributed by atoms with Crippen molar-refractivity contribution in [2.24, 2.45) is 5.92 Å². The predicted molar refractivity (Wildman–Crippen MR) is 71.6 cm³/mol. The number of para-hydroxylation sites is 1. The molecule has 0 spiro atoms. The second kappa shape index (κ2) is 5.61. The summed E-state index contributed by atoms with van der Waals surface area (Å²) in [5.41, 5.74) is 1.70. The van der Waals surface area contributed by atoms with E-state index < -0.39 is 11.9 Å². The van der Waals surface area contributed by atoms with Gasteiger partial charge < -0.3 is 4.74 Å². The number of ether oxygens (including phenoxy) is 1. The van der Waals surface area contributed by atoms with Gasteiger partial charge in [-0.3, -0.25) is 14.6 Å². The molecule has 1 heterocycles. The van der Waals surface area contributed by atoms with E-state index in [1.165, 1.54) is 14.0 Å². The van der Waals surface area contributed by atoms with Crippen LogP contribution in [0, 0.1) is 5.92 Å². The maximum atomic E-state index is 11.6. The Morgan fingerprint density at radius 3 is 2.68 bits per heavy atom. The van der Waals surface area contributed by atoms with Crippen LogP contribution in [-0.4, -0.2) is 23.8 Å². The molecular formula is C15H15NO3. The summed E-state index contributed by atoms with van der Waals surface area (Å²) in [7, 11) is 1.29. The highest BCUT2D eigenvalue weighted by Gasteiger charge is 2.25. The monoisotopic (exact) mass is 257 g/mol. The lowest BCUT2D eigenvalue weighted by Gasteiger charge is -2.12. The summed E-state index contributed by atoms with van der Waals surface area (Å²) in [5, 5.41) is 0.993. The Morgan fingerprint density at radius 2 is 2.00 bits per heavy atom. The Hall–Kier alpha value is -2.23. The first-order valence-electron chi connectivity index (χ1n) is 6.04. The number of carbonyl (C=O) groups is 2. The van der Waals surface area contributed by atoms with Gasteiger partial charge in [-0.2, -0.15) is 0 Å². The summed E-state index contributed by atoms with van der Waals surface area (Å²) in [5.74, 6) is -1.46. The molecule has 4 heteroatoms. The van der Waals surface area contributed by atoms with Crippen molar-refractivity contribution in [2.75, 3.05) is 7.11 Å². The van der Waals surface area contributed by atoms with Crippen LogP contribution in [0.2, 0.25) is 0 Å². The number of nitrogens with zero attached hydrogens (tertiary/aromatic N) is 1. The van der Waals surface area contributed by atoms with E-state index in [9.17, 15) is 9.59 Å². The van der Waals surface area contributed by atoms with Crippen LogP contribution in [0.4, 0.5) is 0 Å². The van der Waals surface area contributed by atoms with E-state index in [0.717, 1.165) is 16.5 Å². The van der Waals surface area contributed by atoms with E-state index in [4.69, 9.17) is 0 Å². The van der Waals surface area contributed by atoms with E-state index in [1.54, 1.807) is 6.20 Å². The molecule has 1 aromatic heterocycles. The quantitative estimate of drug-likeness (QED) is 0.622. The number of methoxy groups -OCH3 is 1. The number of pyridine rings is 1. The van der Waals surface area contributed by atoms with Crippen LogP contribution in [0.3, 0.4) is 0 Å². The molecule has 0 radical (unpaired) electrons. The summed E-state index contributed by atoms with van der Waals surface area (Å²) in [6.45, 7) is 1.40. The molecule has 1 atom stereocenters. The zero-order chi connectivity index (χ0) is 13.8. The van der Waals surface area contributed by atoms with Crippen molar-refractivity contribution in [3.63, 3.8) is 0 Å². The minimum atomic E-state index is -0.766. The van der Waals surface area contributed by atoms with Crippen molar-refractivity contribution in [1.82, 2.24) is 4.98 Å². The Kier molecular flexibility index (Phi) is 3.90. The van der Waals surface area contributed by atoms with Gasteiger partial charge in [0, 0.05) is 11.6 Å². The molecule has 0 aliphatic rings. The van der Waals surface area contributed by atoms with Gasteiger partial charge in [0.2, 0.25) is 0 Å². The van der Waals surface area contributed by atoms with E-state index >= 15 is 0 Å². The van der Waals surface area contributed by atoms with Gasteiger partial charge in [0.05, 0.1) is 12.6 Å². The molecule has 19 heavy (non-hydrogen) atoms. The third-order valence-electron chi connectivity index (χ3n) is 3.12. The van der Waals surface area contributed by atoms with Crippen molar-refractivity contribution in [2.45, 2.75) is 13.3 Å². The summed E-state index contributed by atoms with van der Waals surface area (Å²) in [6, 6.07) is 9.54. The van der Waals surface area contributed by atoms with Gasteiger partial charge >= 0.3 is 5.97 Å². The fraction of sp³-hybridized carbons (Fsp3) is 0.267. The fourth-order valence-corrected chi connectivity index (χ4v) is 2.09. The van der Waals surface area contributed by atoms with Gasteiger partial charge in [0.1, 0.15) is 11.7 Å². The summed E-state index contributed by atoms with van der Waals surface area (Å²) in [4.78, 5) is 27.5. The lowest BCUT2D eigenvalue weighted by Crippen LogP contribution is -2.25. The molecule has 0 saturated heterocycles. The number of Topliss-reactive ketones (excluding diaryl/α,β-unsaturated/α-hetero) is 1. The second-order valence-corrected chi connectivity index (χ2v) is 4.38. The van der Waals surface area contributed by atoms with Gasteiger partial charge in [-0.15, -0.1) is 0 Å². The van der Waals surface area contributed by atoms with Crippen molar-refractivity contribution in [3.05, 3.63) is 42.1 Å². The molecule has 0 bridgehead atoms. The molecule has 1 unspecified atom stereocenters. The second-order valence-electron chi connectivity index (χ2n) is 4.38. The minimum absolute atomic E-state index is 0.195. The average Bonchev–Trinajstić information content (AvgIpc) is 2.43. The van der Waals surface area contributed by atoms with Crippen LogP contribution >= 0.6 is 0 Å². The average molecular weight is 257 g/mol. The first kappa shape index (κ1) is 13.2. The number of ketones is 1. The van der Waals surface area contributed by atoms with Crippen LogP contribution in [0.5, 0.6) is 0 Å². The predicted octanol–water partition coefficient (Wildman–Crippen LogP) is 2.16. The van der Waals surface area contributed by atoms with Crippen LogP contribution in [0.25, 0.3) is 10.9 Å². The highest BCUT2D eigenvalue weighted by molar-refractivity contribution is 5.98. The molecular weight excluding hydrogens is 242 g/mol. The van der Waals surface area contributed by atoms with Crippen molar-refractivity contribution >= 4 is 22.7 Å². The number of hydrogen-bond acceptors (Lipinski definition) is 4. The van der Waals surface area contributed by atoms with Gasteiger partial charge in [-0.05, 0) is 25.0 Å². The van der Waals surface area contributed by atoms with Gasteiger partial charge in [-0.25, -0.2) is 0 Å². The first-order chi connectivity index (χ1) is 9.13. The number of benzene rings is 1. The minimum Gasteiger partial charge on any atom is -0.468 e. The Morgan fingerprint density at radius 1 is 1.26 bits per heavy atom. The molecule has 0 fully saturated rings. The van der Waals surface area contributed by atoms with Gasteiger partial charge in [-0.1, -0.05) is 24.3 Å². The maximum Gasteiger partial charge on any atom is 0.316 e. The molecule has 0 saturated carbocycles. The lowest BCUT2D eigenvalue weighted by molar-refractivity contribution is -0.148. The number of esters is 1. The molecule has 0 amide bonds. The fourth-order valence-electron chi connectivity index (χ4n) is 2.09. The van der Waals surface area contributed by atoms with E-state index in [2.05, 4.69) is 9.72 Å². The van der Waals surface area contributed by atoms with Crippen LogP contribution < -0.4 is 0 Å². The largest absolute Gasteiger partial charge is 0.468 e. The third-order valence-corrected chi connectivity index (χ3v) is 3.12. The Labute approximate surface area is 111 Å². The van der Waals surface area contributed by atoms with Crippen LogP contribution in [-0.2, 0) is 20.7 Å². The molecule has 0 aliphatic carbocycles.